The first-order valence-corrected chi connectivity index (χ1v) is 6.37. The van der Waals surface area contributed by atoms with Gasteiger partial charge in [0.05, 0.1) is 6.54 Å². The minimum Gasteiger partial charge on any atom is -0.330 e. The van der Waals surface area contributed by atoms with Crippen LogP contribution in [0.2, 0.25) is 0 Å². The summed E-state index contributed by atoms with van der Waals surface area (Å²) in [5.41, 5.74) is 5.79. The third-order valence-electron chi connectivity index (χ3n) is 2.87. The normalized spacial score (nSPS) is 11.8. The lowest BCUT2D eigenvalue weighted by molar-refractivity contribution is -0.117. The molecule has 0 aliphatic heterocycles. The fourth-order valence-corrected chi connectivity index (χ4v) is 1.87. The average Bonchev–Trinajstić information content (AvgIpc) is 2.33. The topological polar surface area (TPSA) is 58.4 Å². The van der Waals surface area contributed by atoms with Gasteiger partial charge in [-0.3, -0.25) is 9.69 Å². The molecule has 0 saturated carbocycles. The average molecular weight is 285 g/mol. The zero-order chi connectivity index (χ0) is 15.3. The van der Waals surface area contributed by atoms with Crippen LogP contribution < -0.4 is 11.1 Å². The van der Waals surface area contributed by atoms with Gasteiger partial charge in [0.1, 0.15) is 0 Å². The Hall–Kier alpha value is -1.53. The van der Waals surface area contributed by atoms with Gasteiger partial charge in [-0.15, -0.1) is 0 Å². The van der Waals surface area contributed by atoms with E-state index < -0.39 is 11.6 Å². The molecule has 4 nitrogen and oxygen atoms in total. The van der Waals surface area contributed by atoms with E-state index >= 15 is 0 Å². The molecule has 0 saturated heterocycles. The number of amides is 1. The first-order chi connectivity index (χ1) is 9.23. The number of nitrogens with zero attached hydrogens (tertiary/aromatic N) is 1. The van der Waals surface area contributed by atoms with Crippen LogP contribution in [0.4, 0.5) is 14.5 Å². The summed E-state index contributed by atoms with van der Waals surface area (Å²) < 4.78 is 25.8. The lowest BCUT2D eigenvalue weighted by Crippen LogP contribution is -2.40. The summed E-state index contributed by atoms with van der Waals surface area (Å²) in [6.45, 7) is 5.35. The Kier molecular flexibility index (Phi) is 5.59. The summed E-state index contributed by atoms with van der Waals surface area (Å²) in [6, 6.07) is 3.25. The molecule has 0 aliphatic carbocycles. The van der Waals surface area contributed by atoms with Crippen LogP contribution in [0.15, 0.2) is 18.2 Å². The van der Waals surface area contributed by atoms with E-state index in [2.05, 4.69) is 5.32 Å². The summed E-state index contributed by atoms with van der Waals surface area (Å²) in [7, 11) is 1.81. The number of hydrogen-bond donors (Lipinski definition) is 2. The van der Waals surface area contributed by atoms with Crippen LogP contribution in [0.5, 0.6) is 0 Å². The molecule has 3 N–H and O–H groups in total. The van der Waals surface area contributed by atoms with E-state index in [0.29, 0.717) is 13.1 Å². The fraction of sp³-hybridized carbons (Fsp3) is 0.500. The van der Waals surface area contributed by atoms with Gasteiger partial charge in [-0.2, -0.15) is 0 Å². The van der Waals surface area contributed by atoms with Gasteiger partial charge in [0.15, 0.2) is 11.6 Å². The summed E-state index contributed by atoms with van der Waals surface area (Å²) in [6.07, 6.45) is 0. The number of likely N-dealkylation sites (N-methyl/N-ethyl adjacent to an activating group) is 1. The minimum atomic E-state index is -0.986. The predicted molar refractivity (Wildman–Crippen MR) is 75.3 cm³/mol. The zero-order valence-corrected chi connectivity index (χ0v) is 12.0. The molecule has 0 fully saturated rings. The van der Waals surface area contributed by atoms with Gasteiger partial charge in [-0.25, -0.2) is 8.78 Å². The molecule has 1 aromatic rings. The van der Waals surface area contributed by atoms with Crippen molar-refractivity contribution in [1.82, 2.24) is 4.90 Å². The third kappa shape index (κ3) is 5.22. The van der Waals surface area contributed by atoms with Gasteiger partial charge in [0.2, 0.25) is 5.91 Å². The van der Waals surface area contributed by atoms with E-state index in [1.165, 1.54) is 6.07 Å². The molecule has 0 heterocycles. The third-order valence-corrected chi connectivity index (χ3v) is 2.87. The fourth-order valence-electron chi connectivity index (χ4n) is 1.87. The van der Waals surface area contributed by atoms with E-state index in [1.807, 2.05) is 25.8 Å². The molecule has 112 valence electrons. The second-order valence-corrected chi connectivity index (χ2v) is 5.72. The summed E-state index contributed by atoms with van der Waals surface area (Å²) >= 11 is 0. The molecular formula is C14H21F2N3O. The standard InChI is InChI=1S/C14H21F2N3O/c1-14(2,8-17)9-19(3)7-13(20)18-10-4-5-11(15)12(16)6-10/h4-6H,7-9,17H2,1-3H3,(H,18,20). The Morgan fingerprint density at radius 3 is 2.55 bits per heavy atom. The maximum absolute atomic E-state index is 13.0. The van der Waals surface area contributed by atoms with Gasteiger partial charge < -0.3 is 11.1 Å². The molecule has 0 atom stereocenters. The largest absolute Gasteiger partial charge is 0.330 e. The zero-order valence-electron chi connectivity index (χ0n) is 12.0. The highest BCUT2D eigenvalue weighted by Gasteiger charge is 2.19. The summed E-state index contributed by atoms with van der Waals surface area (Å²) in [5.74, 6) is -2.21. The number of anilines is 1. The number of hydrogen-bond acceptors (Lipinski definition) is 3. The Morgan fingerprint density at radius 1 is 1.35 bits per heavy atom. The molecule has 20 heavy (non-hydrogen) atoms. The number of nitrogens with one attached hydrogen (secondary N) is 1. The van der Waals surface area contributed by atoms with Crippen LogP contribution in [0.1, 0.15) is 13.8 Å². The minimum absolute atomic E-state index is 0.0863. The molecule has 0 spiro atoms. The molecule has 6 heteroatoms. The van der Waals surface area contributed by atoms with E-state index in [0.717, 1.165) is 12.1 Å². The lowest BCUT2D eigenvalue weighted by atomic mass is 9.93. The number of rotatable bonds is 6. The van der Waals surface area contributed by atoms with Crippen LogP contribution in [0, 0.1) is 17.0 Å². The predicted octanol–water partition coefficient (Wildman–Crippen LogP) is 1.82. The second kappa shape index (κ2) is 6.76. The van der Waals surface area contributed by atoms with Gasteiger partial charge in [0, 0.05) is 18.3 Å². The lowest BCUT2D eigenvalue weighted by Gasteiger charge is -2.28. The SMILES string of the molecule is CN(CC(=O)Nc1ccc(F)c(F)c1)CC(C)(C)CN. The maximum Gasteiger partial charge on any atom is 0.238 e. The Bertz CT molecular complexity index is 477. The van der Waals surface area contributed by atoms with Crippen molar-refractivity contribution in [1.29, 1.82) is 0 Å². The van der Waals surface area contributed by atoms with E-state index in [9.17, 15) is 13.6 Å². The van der Waals surface area contributed by atoms with Crippen molar-refractivity contribution in [3.8, 4) is 0 Å². The molecule has 0 unspecified atom stereocenters. The van der Waals surface area contributed by atoms with Crippen LogP contribution in [-0.2, 0) is 4.79 Å². The molecule has 1 aromatic carbocycles. The molecule has 0 bridgehead atoms. The van der Waals surface area contributed by atoms with E-state index in [4.69, 9.17) is 5.73 Å². The number of benzene rings is 1. The summed E-state index contributed by atoms with van der Waals surface area (Å²) in [5, 5.41) is 2.53. The van der Waals surface area contributed by atoms with E-state index in [-0.39, 0.29) is 23.6 Å². The highest BCUT2D eigenvalue weighted by atomic mass is 19.2. The highest BCUT2D eigenvalue weighted by molar-refractivity contribution is 5.92. The van der Waals surface area contributed by atoms with Crippen molar-refractivity contribution in [3.05, 3.63) is 29.8 Å². The molecule has 1 amide bonds. The van der Waals surface area contributed by atoms with Crippen LogP contribution in [0.25, 0.3) is 0 Å². The molecule has 1 rings (SSSR count). The van der Waals surface area contributed by atoms with Gasteiger partial charge in [-0.1, -0.05) is 13.8 Å². The Labute approximate surface area is 117 Å². The van der Waals surface area contributed by atoms with Crippen LogP contribution in [-0.4, -0.2) is 37.5 Å². The first-order valence-electron chi connectivity index (χ1n) is 6.37. The molecule has 0 radical (unpaired) electrons. The van der Waals surface area contributed by atoms with Gasteiger partial charge in [-0.05, 0) is 31.1 Å². The number of carbonyl (C=O) groups is 1. The van der Waals surface area contributed by atoms with Gasteiger partial charge >= 0.3 is 0 Å². The summed E-state index contributed by atoms with van der Waals surface area (Å²) in [4.78, 5) is 13.6. The van der Waals surface area contributed by atoms with Gasteiger partial charge in [0.25, 0.3) is 0 Å². The van der Waals surface area contributed by atoms with Crippen LogP contribution in [0.3, 0.4) is 0 Å². The van der Waals surface area contributed by atoms with Crippen molar-refractivity contribution in [2.45, 2.75) is 13.8 Å². The molecular weight excluding hydrogens is 264 g/mol. The van der Waals surface area contributed by atoms with Crippen molar-refractivity contribution in [2.24, 2.45) is 11.1 Å². The maximum atomic E-state index is 13.0. The van der Waals surface area contributed by atoms with E-state index in [1.54, 1.807) is 0 Å². The number of nitrogens with two attached hydrogens (primary N) is 1. The first kappa shape index (κ1) is 16.5. The van der Waals surface area contributed by atoms with Crippen molar-refractivity contribution in [3.63, 3.8) is 0 Å². The Balaban J connectivity index is 2.53. The second-order valence-electron chi connectivity index (χ2n) is 5.72. The van der Waals surface area contributed by atoms with Crippen molar-refractivity contribution in [2.75, 3.05) is 32.0 Å². The van der Waals surface area contributed by atoms with Crippen molar-refractivity contribution >= 4 is 11.6 Å². The van der Waals surface area contributed by atoms with Crippen molar-refractivity contribution < 1.29 is 13.6 Å². The smallest absolute Gasteiger partial charge is 0.238 e. The quantitative estimate of drug-likeness (QED) is 0.838. The molecule has 0 aliphatic rings. The Morgan fingerprint density at radius 2 is 2.00 bits per heavy atom. The van der Waals surface area contributed by atoms with Crippen LogP contribution >= 0.6 is 0 Å². The monoisotopic (exact) mass is 285 g/mol. The number of carbonyl (C=O) groups excluding carboxylic acids is 1. The number of halogens is 2. The highest BCUT2D eigenvalue weighted by Crippen LogP contribution is 2.15. The molecule has 0 aromatic heterocycles.